The number of H-pyrrole nitrogens is 1. The molecule has 3 nitrogen and oxygen atoms in total. The molecule has 17 heavy (non-hydrogen) atoms. The van der Waals surface area contributed by atoms with E-state index in [1.165, 1.54) is 5.39 Å². The molecule has 4 heteroatoms. The van der Waals surface area contributed by atoms with Gasteiger partial charge in [-0.25, -0.2) is 9.97 Å². The lowest BCUT2D eigenvalue weighted by molar-refractivity contribution is 1.11. The van der Waals surface area contributed by atoms with Gasteiger partial charge in [0, 0.05) is 28.4 Å². The maximum Gasteiger partial charge on any atom is 0.197 e. The molecule has 0 spiro atoms. The number of aryl methyl sites for hydroxylation is 1. The third-order valence-electron chi connectivity index (χ3n) is 2.78. The molecule has 0 saturated carbocycles. The van der Waals surface area contributed by atoms with E-state index in [9.17, 15) is 0 Å². The second kappa shape index (κ2) is 3.96. The fourth-order valence-electron chi connectivity index (χ4n) is 2.08. The molecular weight excluding hydrogens is 278 g/mol. The van der Waals surface area contributed by atoms with Crippen LogP contribution in [0.5, 0.6) is 0 Å². The maximum absolute atomic E-state index is 4.41. The summed E-state index contributed by atoms with van der Waals surface area (Å²) >= 11 is 3.30. The molecule has 2 heterocycles. The number of nitrogens with one attached hydrogen (secondary N) is 1. The van der Waals surface area contributed by atoms with E-state index in [1.807, 2.05) is 18.2 Å². The summed E-state index contributed by atoms with van der Waals surface area (Å²) in [5, 5.41) is 1.19. The van der Waals surface area contributed by atoms with Crippen LogP contribution in [0.25, 0.3) is 22.2 Å². The van der Waals surface area contributed by atoms with Gasteiger partial charge in [0.2, 0.25) is 0 Å². The van der Waals surface area contributed by atoms with Gasteiger partial charge in [-0.15, -0.1) is 0 Å². The van der Waals surface area contributed by atoms with E-state index in [4.69, 9.17) is 0 Å². The van der Waals surface area contributed by atoms with Crippen LogP contribution in [0.3, 0.4) is 0 Å². The Morgan fingerprint density at radius 3 is 2.82 bits per heavy atom. The number of para-hydroxylation sites is 1. The summed E-state index contributed by atoms with van der Waals surface area (Å²) in [6.07, 6.45) is 1.76. The zero-order valence-corrected chi connectivity index (χ0v) is 10.8. The molecule has 1 aromatic carbocycles. The van der Waals surface area contributed by atoms with E-state index < -0.39 is 0 Å². The maximum atomic E-state index is 4.41. The molecule has 0 amide bonds. The number of hydrogen-bond donors (Lipinski definition) is 1. The average molecular weight is 288 g/mol. The fraction of sp³-hybridized carbons (Fsp3) is 0.0769. The Hall–Kier alpha value is -1.68. The summed E-state index contributed by atoms with van der Waals surface area (Å²) in [5.41, 5.74) is 4.33. The zero-order chi connectivity index (χ0) is 11.8. The molecular formula is C13H10BrN3. The summed E-state index contributed by atoms with van der Waals surface area (Å²) in [5.74, 6) is 0. The first-order chi connectivity index (χ1) is 8.25. The molecule has 0 aliphatic heterocycles. The van der Waals surface area contributed by atoms with Crippen LogP contribution < -0.4 is 0 Å². The van der Waals surface area contributed by atoms with Gasteiger partial charge in [0.25, 0.3) is 0 Å². The van der Waals surface area contributed by atoms with Crippen LogP contribution in [-0.4, -0.2) is 15.0 Å². The van der Waals surface area contributed by atoms with Crippen LogP contribution in [0, 0.1) is 6.92 Å². The highest BCUT2D eigenvalue weighted by Crippen LogP contribution is 2.30. The molecule has 0 radical (unpaired) electrons. The van der Waals surface area contributed by atoms with Crippen LogP contribution in [0.4, 0.5) is 0 Å². The minimum atomic E-state index is 0.611. The second-order valence-corrected chi connectivity index (χ2v) is 4.59. The van der Waals surface area contributed by atoms with Crippen molar-refractivity contribution in [2.24, 2.45) is 0 Å². The molecule has 2 aromatic heterocycles. The highest BCUT2D eigenvalue weighted by atomic mass is 79.9. The quantitative estimate of drug-likeness (QED) is 0.694. The van der Waals surface area contributed by atoms with Gasteiger partial charge in [-0.2, -0.15) is 0 Å². The molecule has 84 valence electrons. The van der Waals surface area contributed by atoms with E-state index in [-0.39, 0.29) is 0 Å². The number of aromatic nitrogens is 3. The van der Waals surface area contributed by atoms with Crippen LogP contribution in [0.2, 0.25) is 0 Å². The van der Waals surface area contributed by atoms with Crippen LogP contribution in [-0.2, 0) is 0 Å². The Morgan fingerprint density at radius 1 is 1.18 bits per heavy atom. The van der Waals surface area contributed by atoms with Gasteiger partial charge in [0.15, 0.2) is 4.73 Å². The van der Waals surface area contributed by atoms with E-state index in [2.05, 4.69) is 49.9 Å². The predicted octanol–water partition coefficient (Wildman–Crippen LogP) is 3.70. The third kappa shape index (κ3) is 1.74. The normalized spacial score (nSPS) is 10.9. The lowest BCUT2D eigenvalue weighted by atomic mass is 10.1. The minimum Gasteiger partial charge on any atom is -0.358 e. The van der Waals surface area contributed by atoms with E-state index >= 15 is 0 Å². The first-order valence-corrected chi connectivity index (χ1v) is 6.11. The highest BCUT2D eigenvalue weighted by molar-refractivity contribution is 9.10. The zero-order valence-electron chi connectivity index (χ0n) is 9.24. The van der Waals surface area contributed by atoms with Crippen LogP contribution in [0.15, 0.2) is 41.3 Å². The molecule has 0 saturated heterocycles. The molecule has 3 aromatic rings. The lowest BCUT2D eigenvalue weighted by Crippen LogP contribution is -1.87. The summed E-state index contributed by atoms with van der Waals surface area (Å²) < 4.78 is 0.611. The number of fused-ring (bicyclic) bond motifs is 1. The summed E-state index contributed by atoms with van der Waals surface area (Å²) in [6, 6.07) is 10.2. The Morgan fingerprint density at radius 2 is 2.00 bits per heavy atom. The van der Waals surface area contributed by atoms with Crippen molar-refractivity contribution in [2.75, 3.05) is 0 Å². The number of aromatic amines is 1. The van der Waals surface area contributed by atoms with Crippen molar-refractivity contribution in [3.05, 3.63) is 47.0 Å². The molecule has 0 bridgehead atoms. The fourth-order valence-corrected chi connectivity index (χ4v) is 2.39. The Bertz CT molecular complexity index is 688. The van der Waals surface area contributed by atoms with Crippen molar-refractivity contribution in [3.8, 4) is 11.3 Å². The molecule has 0 unspecified atom stereocenters. The first-order valence-electron chi connectivity index (χ1n) is 5.32. The van der Waals surface area contributed by atoms with Gasteiger partial charge >= 0.3 is 0 Å². The van der Waals surface area contributed by atoms with Gasteiger partial charge < -0.3 is 4.98 Å². The molecule has 0 aliphatic carbocycles. The summed E-state index contributed by atoms with van der Waals surface area (Å²) in [4.78, 5) is 11.8. The third-order valence-corrected chi connectivity index (χ3v) is 3.16. The lowest BCUT2D eigenvalue weighted by Gasteiger charge is -2.00. The predicted molar refractivity (Wildman–Crippen MR) is 71.8 cm³/mol. The Kier molecular flexibility index (Phi) is 2.44. The largest absolute Gasteiger partial charge is 0.358 e. The molecule has 1 N–H and O–H groups in total. The first kappa shape index (κ1) is 10.5. The summed E-state index contributed by atoms with van der Waals surface area (Å²) in [7, 11) is 0. The van der Waals surface area contributed by atoms with Crippen molar-refractivity contribution in [3.63, 3.8) is 0 Å². The van der Waals surface area contributed by atoms with Crippen molar-refractivity contribution < 1.29 is 0 Å². The van der Waals surface area contributed by atoms with Gasteiger partial charge in [-0.3, -0.25) is 0 Å². The van der Waals surface area contributed by atoms with Gasteiger partial charge in [0.05, 0.1) is 5.69 Å². The van der Waals surface area contributed by atoms with E-state index in [0.29, 0.717) is 4.73 Å². The number of rotatable bonds is 1. The van der Waals surface area contributed by atoms with Gasteiger partial charge in [0.1, 0.15) is 0 Å². The molecule has 0 fully saturated rings. The van der Waals surface area contributed by atoms with Gasteiger partial charge in [-0.05, 0) is 35.0 Å². The van der Waals surface area contributed by atoms with Crippen molar-refractivity contribution >= 4 is 26.8 Å². The molecule has 0 atom stereocenters. The van der Waals surface area contributed by atoms with E-state index in [0.717, 1.165) is 22.5 Å². The summed E-state index contributed by atoms with van der Waals surface area (Å²) in [6.45, 7) is 2.06. The number of benzene rings is 1. The van der Waals surface area contributed by atoms with Crippen molar-refractivity contribution in [2.45, 2.75) is 6.92 Å². The Balaban J connectivity index is 2.33. The van der Waals surface area contributed by atoms with Gasteiger partial charge in [-0.1, -0.05) is 18.2 Å². The number of halogens is 1. The Labute approximate surface area is 107 Å². The van der Waals surface area contributed by atoms with Crippen LogP contribution in [0.1, 0.15) is 5.69 Å². The number of nitrogens with zero attached hydrogens (tertiary/aromatic N) is 2. The molecule has 3 rings (SSSR count). The highest BCUT2D eigenvalue weighted by Gasteiger charge is 2.11. The van der Waals surface area contributed by atoms with Crippen LogP contribution >= 0.6 is 15.9 Å². The topological polar surface area (TPSA) is 41.6 Å². The monoisotopic (exact) mass is 287 g/mol. The average Bonchev–Trinajstić information content (AvgIpc) is 2.64. The van der Waals surface area contributed by atoms with Crippen molar-refractivity contribution in [1.82, 2.24) is 15.0 Å². The van der Waals surface area contributed by atoms with Crippen molar-refractivity contribution in [1.29, 1.82) is 0 Å². The second-order valence-electron chi connectivity index (χ2n) is 3.88. The van der Waals surface area contributed by atoms with E-state index in [1.54, 1.807) is 6.20 Å². The smallest absolute Gasteiger partial charge is 0.197 e. The molecule has 0 aliphatic rings. The minimum absolute atomic E-state index is 0.611. The number of hydrogen-bond acceptors (Lipinski definition) is 2. The standard InChI is InChI=1S/C13H10BrN3/c1-8-12(11-6-7-15-13(14)17-11)9-4-2-3-5-10(9)16-8/h2-7,16H,1H3. The SMILES string of the molecule is Cc1[nH]c2ccccc2c1-c1ccnc(Br)n1.